The summed E-state index contributed by atoms with van der Waals surface area (Å²) in [6, 6.07) is 6.90. The highest BCUT2D eigenvalue weighted by Crippen LogP contribution is 2.37. The lowest BCUT2D eigenvalue weighted by molar-refractivity contribution is -0.136. The van der Waals surface area contributed by atoms with E-state index in [0.717, 1.165) is 25.2 Å². The first-order chi connectivity index (χ1) is 13.1. The molecule has 3 amide bonds. The van der Waals surface area contributed by atoms with Crippen LogP contribution in [0, 0.1) is 0 Å². The van der Waals surface area contributed by atoms with Gasteiger partial charge < -0.3 is 10.2 Å². The van der Waals surface area contributed by atoms with Crippen molar-refractivity contribution in [2.75, 3.05) is 13.1 Å². The Bertz CT molecular complexity index is 811. The van der Waals surface area contributed by atoms with Gasteiger partial charge in [-0.3, -0.25) is 24.6 Å². The van der Waals surface area contributed by atoms with Crippen molar-refractivity contribution < 1.29 is 14.4 Å². The largest absolute Gasteiger partial charge is 0.322 e. The van der Waals surface area contributed by atoms with Crippen LogP contribution in [0.15, 0.2) is 18.2 Å². The third-order valence-electron chi connectivity index (χ3n) is 6.39. The van der Waals surface area contributed by atoms with Crippen molar-refractivity contribution in [3.8, 4) is 0 Å². The molecule has 27 heavy (non-hydrogen) atoms. The maximum absolute atomic E-state index is 12.8. The number of benzene rings is 1. The molecule has 1 aromatic rings. The molecule has 3 unspecified atom stereocenters. The van der Waals surface area contributed by atoms with Gasteiger partial charge in [0.25, 0.3) is 5.91 Å². The van der Waals surface area contributed by atoms with Gasteiger partial charge in [-0.1, -0.05) is 12.1 Å². The summed E-state index contributed by atoms with van der Waals surface area (Å²) in [6.07, 6.45) is 3.10. The summed E-state index contributed by atoms with van der Waals surface area (Å²) in [5.74, 6) is -0.715. The van der Waals surface area contributed by atoms with Gasteiger partial charge >= 0.3 is 0 Å². The smallest absolute Gasteiger partial charge is 0.255 e. The highest BCUT2D eigenvalue weighted by molar-refractivity contribution is 6.05. The van der Waals surface area contributed by atoms with E-state index in [-0.39, 0.29) is 24.1 Å². The number of rotatable bonds is 3. The zero-order valence-corrected chi connectivity index (χ0v) is 15.2. The Morgan fingerprint density at radius 3 is 2.56 bits per heavy atom. The predicted octanol–water partition coefficient (Wildman–Crippen LogP) is 0.384. The van der Waals surface area contributed by atoms with Crippen LogP contribution in [-0.2, 0) is 22.7 Å². The Morgan fingerprint density at radius 1 is 1.04 bits per heavy atom. The van der Waals surface area contributed by atoms with E-state index in [0.29, 0.717) is 30.6 Å². The van der Waals surface area contributed by atoms with E-state index in [1.807, 2.05) is 12.1 Å². The van der Waals surface area contributed by atoms with E-state index >= 15 is 0 Å². The topological polar surface area (TPSA) is 81.5 Å². The van der Waals surface area contributed by atoms with E-state index in [2.05, 4.69) is 21.6 Å². The molecule has 3 saturated heterocycles. The number of carbonyl (C=O) groups excluding carboxylic acids is 3. The molecule has 1 aromatic carbocycles. The Balaban J connectivity index is 1.29. The second-order valence-corrected chi connectivity index (χ2v) is 8.03. The molecular formula is C20H24N4O3. The number of imide groups is 1. The van der Waals surface area contributed by atoms with Crippen molar-refractivity contribution >= 4 is 17.7 Å². The SMILES string of the molecule is O=C1CCC(N2Cc3cc(CN4C5CCNCCC54)ccc3C2=O)C(=O)N1. The highest BCUT2D eigenvalue weighted by atomic mass is 16.2. The van der Waals surface area contributed by atoms with Gasteiger partial charge in [-0.2, -0.15) is 0 Å². The average Bonchev–Trinajstić information content (AvgIpc) is 3.27. The van der Waals surface area contributed by atoms with Crippen LogP contribution in [0.2, 0.25) is 0 Å². The van der Waals surface area contributed by atoms with Crippen LogP contribution >= 0.6 is 0 Å². The first kappa shape index (κ1) is 16.9. The molecule has 0 spiro atoms. The number of piperidine rings is 1. The van der Waals surface area contributed by atoms with Gasteiger partial charge in [0.15, 0.2) is 0 Å². The van der Waals surface area contributed by atoms with E-state index in [1.54, 1.807) is 4.90 Å². The Labute approximate surface area is 158 Å². The third-order valence-corrected chi connectivity index (χ3v) is 6.39. The molecule has 0 bridgehead atoms. The van der Waals surface area contributed by atoms with Crippen LogP contribution in [0.1, 0.15) is 47.2 Å². The van der Waals surface area contributed by atoms with E-state index < -0.39 is 6.04 Å². The fraction of sp³-hybridized carbons (Fsp3) is 0.550. The number of nitrogens with one attached hydrogen (secondary N) is 2. The fourth-order valence-corrected chi connectivity index (χ4v) is 4.91. The molecule has 4 aliphatic heterocycles. The van der Waals surface area contributed by atoms with Gasteiger partial charge in [0, 0.05) is 37.2 Å². The maximum Gasteiger partial charge on any atom is 0.255 e. The Morgan fingerprint density at radius 2 is 1.81 bits per heavy atom. The number of nitrogens with zero attached hydrogens (tertiary/aromatic N) is 2. The van der Waals surface area contributed by atoms with Gasteiger partial charge in [0.1, 0.15) is 6.04 Å². The van der Waals surface area contributed by atoms with Crippen molar-refractivity contribution in [3.05, 3.63) is 34.9 Å². The first-order valence-electron chi connectivity index (χ1n) is 9.85. The zero-order valence-electron chi connectivity index (χ0n) is 15.2. The fourth-order valence-electron chi connectivity index (χ4n) is 4.91. The summed E-state index contributed by atoms with van der Waals surface area (Å²) in [5.41, 5.74) is 2.91. The van der Waals surface area contributed by atoms with Crippen molar-refractivity contribution in [1.29, 1.82) is 0 Å². The number of carbonyl (C=O) groups is 3. The minimum Gasteiger partial charge on any atom is -0.322 e. The molecule has 5 rings (SSSR count). The van der Waals surface area contributed by atoms with Crippen LogP contribution in [0.3, 0.4) is 0 Å². The predicted molar refractivity (Wildman–Crippen MR) is 97.7 cm³/mol. The molecule has 3 fully saturated rings. The summed E-state index contributed by atoms with van der Waals surface area (Å²) in [7, 11) is 0. The van der Waals surface area contributed by atoms with Gasteiger partial charge in [0.2, 0.25) is 11.8 Å². The minimum atomic E-state index is -0.544. The number of hydrogen-bond donors (Lipinski definition) is 2. The summed E-state index contributed by atoms with van der Waals surface area (Å²) in [6.45, 7) is 3.56. The normalized spacial score (nSPS) is 32.6. The van der Waals surface area contributed by atoms with Crippen molar-refractivity contribution in [1.82, 2.24) is 20.4 Å². The molecule has 4 heterocycles. The minimum absolute atomic E-state index is 0.103. The summed E-state index contributed by atoms with van der Waals surface area (Å²) >= 11 is 0. The standard InChI is InChI=1S/C20H24N4O3/c25-18-4-3-17(19(26)22-18)24-11-13-9-12(1-2-14(13)20(24)27)10-23-15-5-7-21-8-6-16(15)23/h1-2,9,15-17,21H,3-8,10-11H2,(H,22,25,26). The van der Waals surface area contributed by atoms with Crippen LogP contribution in [0.5, 0.6) is 0 Å². The van der Waals surface area contributed by atoms with Gasteiger partial charge in [-0.15, -0.1) is 0 Å². The Hall–Kier alpha value is -2.25. The molecule has 0 saturated carbocycles. The monoisotopic (exact) mass is 368 g/mol. The van der Waals surface area contributed by atoms with Crippen molar-refractivity contribution in [3.63, 3.8) is 0 Å². The molecule has 7 heteroatoms. The lowest BCUT2D eigenvalue weighted by atomic mass is 10.0. The maximum atomic E-state index is 12.8. The summed E-state index contributed by atoms with van der Waals surface area (Å²) < 4.78 is 0. The summed E-state index contributed by atoms with van der Waals surface area (Å²) in [4.78, 5) is 40.4. The lowest BCUT2D eigenvalue weighted by Gasteiger charge is -2.29. The molecule has 2 N–H and O–H groups in total. The quantitative estimate of drug-likeness (QED) is 0.596. The summed E-state index contributed by atoms with van der Waals surface area (Å²) in [5, 5.41) is 5.80. The second kappa shape index (κ2) is 6.42. The zero-order chi connectivity index (χ0) is 18.5. The van der Waals surface area contributed by atoms with Crippen molar-refractivity contribution in [2.45, 2.75) is 56.9 Å². The van der Waals surface area contributed by atoms with Crippen molar-refractivity contribution in [2.24, 2.45) is 0 Å². The Kier molecular flexibility index (Phi) is 4.02. The van der Waals surface area contributed by atoms with Gasteiger partial charge in [-0.05, 0) is 49.5 Å². The average molecular weight is 368 g/mol. The number of amides is 3. The number of hydrogen-bond acceptors (Lipinski definition) is 5. The molecular weight excluding hydrogens is 344 g/mol. The van der Waals surface area contributed by atoms with E-state index in [9.17, 15) is 14.4 Å². The molecule has 142 valence electrons. The van der Waals surface area contributed by atoms with Crippen LogP contribution in [0.25, 0.3) is 0 Å². The molecule has 4 aliphatic rings. The molecule has 3 atom stereocenters. The first-order valence-corrected chi connectivity index (χ1v) is 9.85. The molecule has 0 aliphatic carbocycles. The second-order valence-electron chi connectivity index (χ2n) is 8.03. The van der Waals surface area contributed by atoms with E-state index in [4.69, 9.17) is 0 Å². The molecule has 0 radical (unpaired) electrons. The van der Waals surface area contributed by atoms with Gasteiger partial charge in [-0.25, -0.2) is 0 Å². The molecule has 7 nitrogen and oxygen atoms in total. The number of fused-ring (bicyclic) bond motifs is 2. The van der Waals surface area contributed by atoms with Crippen LogP contribution in [0.4, 0.5) is 0 Å². The lowest BCUT2D eigenvalue weighted by Crippen LogP contribution is -2.52. The van der Waals surface area contributed by atoms with Gasteiger partial charge in [0.05, 0.1) is 0 Å². The van der Waals surface area contributed by atoms with Crippen LogP contribution in [-0.4, -0.2) is 58.7 Å². The van der Waals surface area contributed by atoms with E-state index in [1.165, 1.54) is 18.4 Å². The van der Waals surface area contributed by atoms with Crippen LogP contribution < -0.4 is 10.6 Å². The third kappa shape index (κ3) is 2.95. The highest BCUT2D eigenvalue weighted by Gasteiger charge is 2.47. The molecule has 0 aromatic heterocycles.